The van der Waals surface area contributed by atoms with Crippen LogP contribution in [0.25, 0.3) is 0 Å². The molecule has 0 radical (unpaired) electrons. The quantitative estimate of drug-likeness (QED) is 0.816. The van der Waals surface area contributed by atoms with E-state index in [0.29, 0.717) is 6.04 Å². The number of rotatable bonds is 6. The predicted octanol–water partition coefficient (Wildman–Crippen LogP) is 2.50. The first-order valence-electron chi connectivity index (χ1n) is 8.35. The van der Waals surface area contributed by atoms with Crippen LogP contribution in [0.3, 0.4) is 0 Å². The van der Waals surface area contributed by atoms with Crippen LogP contribution in [-0.4, -0.2) is 49.2 Å². The monoisotopic (exact) mass is 290 g/mol. The molecule has 1 unspecified atom stereocenters. The molecule has 1 aliphatic heterocycles. The summed E-state index contributed by atoms with van der Waals surface area (Å²) in [5.74, 6) is 1.14. The van der Waals surface area contributed by atoms with Gasteiger partial charge in [-0.1, -0.05) is 19.9 Å². The molecule has 1 atom stereocenters. The van der Waals surface area contributed by atoms with Crippen molar-refractivity contribution < 1.29 is 0 Å². The van der Waals surface area contributed by atoms with Gasteiger partial charge in [-0.3, -0.25) is 0 Å². The number of hydrogen-bond donors (Lipinski definition) is 1. The minimum Gasteiger partial charge on any atom is -0.352 e. The second-order valence-corrected chi connectivity index (χ2v) is 6.07. The van der Waals surface area contributed by atoms with Crippen LogP contribution in [0.4, 0.5) is 5.82 Å². The van der Waals surface area contributed by atoms with E-state index in [-0.39, 0.29) is 0 Å². The fourth-order valence-electron chi connectivity index (χ4n) is 2.99. The molecule has 4 nitrogen and oxygen atoms in total. The Balaban J connectivity index is 2.02. The molecule has 0 aliphatic carbocycles. The Morgan fingerprint density at radius 2 is 2.14 bits per heavy atom. The first kappa shape index (κ1) is 16.2. The molecule has 21 heavy (non-hydrogen) atoms. The van der Waals surface area contributed by atoms with Gasteiger partial charge < -0.3 is 15.1 Å². The topological polar surface area (TPSA) is 31.4 Å². The second-order valence-electron chi connectivity index (χ2n) is 6.07. The smallest absolute Gasteiger partial charge is 0.128 e. The molecule has 1 saturated heterocycles. The molecular weight excluding hydrogens is 260 g/mol. The van der Waals surface area contributed by atoms with Gasteiger partial charge >= 0.3 is 0 Å². The Bertz CT molecular complexity index is 404. The van der Waals surface area contributed by atoms with E-state index in [1.54, 1.807) is 0 Å². The van der Waals surface area contributed by atoms with Gasteiger partial charge in [-0.05, 0) is 51.0 Å². The second kappa shape index (κ2) is 8.35. The van der Waals surface area contributed by atoms with Crippen LogP contribution in [0.2, 0.25) is 0 Å². The first-order chi connectivity index (χ1) is 10.2. The maximum Gasteiger partial charge on any atom is 0.128 e. The number of anilines is 1. The minimum absolute atomic E-state index is 0.578. The average Bonchev–Trinajstić information content (AvgIpc) is 2.69. The molecule has 1 aliphatic rings. The van der Waals surface area contributed by atoms with Crippen LogP contribution < -0.4 is 10.2 Å². The first-order valence-corrected chi connectivity index (χ1v) is 8.35. The fourth-order valence-corrected chi connectivity index (χ4v) is 2.99. The Labute approximate surface area is 129 Å². The molecule has 1 aromatic heterocycles. The van der Waals surface area contributed by atoms with E-state index in [4.69, 9.17) is 4.98 Å². The minimum atomic E-state index is 0.578. The maximum atomic E-state index is 4.71. The van der Waals surface area contributed by atoms with Crippen LogP contribution in [0, 0.1) is 0 Å². The van der Waals surface area contributed by atoms with Gasteiger partial charge in [-0.15, -0.1) is 0 Å². The number of nitrogens with one attached hydrogen (secondary N) is 1. The van der Waals surface area contributed by atoms with Crippen molar-refractivity contribution in [3.63, 3.8) is 0 Å². The van der Waals surface area contributed by atoms with E-state index in [1.807, 2.05) is 6.20 Å². The maximum absolute atomic E-state index is 4.71. The molecule has 4 heteroatoms. The summed E-state index contributed by atoms with van der Waals surface area (Å²) in [6.45, 7) is 9.89. The third-order valence-corrected chi connectivity index (χ3v) is 4.23. The Kier molecular flexibility index (Phi) is 6.46. The summed E-state index contributed by atoms with van der Waals surface area (Å²) >= 11 is 0. The average molecular weight is 290 g/mol. The lowest BCUT2D eigenvalue weighted by Crippen LogP contribution is -2.40. The van der Waals surface area contributed by atoms with Gasteiger partial charge in [0.15, 0.2) is 0 Å². The van der Waals surface area contributed by atoms with E-state index >= 15 is 0 Å². The SMILES string of the molecule is CCCNCc1ccc(N2CCCN(C)CC2CC)nc1. The number of pyridine rings is 1. The molecule has 1 aromatic rings. The predicted molar refractivity (Wildman–Crippen MR) is 89.8 cm³/mol. The summed E-state index contributed by atoms with van der Waals surface area (Å²) in [4.78, 5) is 9.65. The van der Waals surface area contributed by atoms with Gasteiger partial charge in [0.1, 0.15) is 5.82 Å². The largest absolute Gasteiger partial charge is 0.352 e. The normalized spacial score (nSPS) is 20.5. The van der Waals surface area contributed by atoms with Gasteiger partial charge in [0.25, 0.3) is 0 Å². The summed E-state index contributed by atoms with van der Waals surface area (Å²) < 4.78 is 0. The molecule has 1 fully saturated rings. The Morgan fingerprint density at radius 1 is 1.29 bits per heavy atom. The highest BCUT2D eigenvalue weighted by molar-refractivity contribution is 5.41. The number of likely N-dealkylation sites (N-methyl/N-ethyl adjacent to an activating group) is 1. The lowest BCUT2D eigenvalue weighted by Gasteiger charge is -2.31. The number of hydrogen-bond acceptors (Lipinski definition) is 4. The van der Waals surface area contributed by atoms with Crippen molar-refractivity contribution in [2.75, 3.05) is 38.1 Å². The zero-order valence-corrected chi connectivity index (χ0v) is 13.8. The standard InChI is InChI=1S/C17H30N4/c1-4-9-18-12-15-7-8-17(19-13-15)21-11-6-10-20(3)14-16(21)5-2/h7-8,13,16,18H,4-6,9-12,14H2,1-3H3. The van der Waals surface area contributed by atoms with Crippen LogP contribution in [0.15, 0.2) is 18.3 Å². The van der Waals surface area contributed by atoms with E-state index in [9.17, 15) is 0 Å². The van der Waals surface area contributed by atoms with Gasteiger partial charge in [-0.2, -0.15) is 0 Å². The molecule has 0 aromatic carbocycles. The van der Waals surface area contributed by atoms with Gasteiger partial charge in [0, 0.05) is 31.9 Å². The summed E-state index contributed by atoms with van der Waals surface area (Å²) in [5.41, 5.74) is 1.27. The third-order valence-electron chi connectivity index (χ3n) is 4.23. The van der Waals surface area contributed by atoms with Crippen LogP contribution in [0.5, 0.6) is 0 Å². The highest BCUT2D eigenvalue weighted by Gasteiger charge is 2.22. The molecule has 0 amide bonds. The van der Waals surface area contributed by atoms with E-state index in [0.717, 1.165) is 32.0 Å². The Morgan fingerprint density at radius 3 is 2.81 bits per heavy atom. The van der Waals surface area contributed by atoms with Crippen molar-refractivity contribution in [1.29, 1.82) is 0 Å². The lowest BCUT2D eigenvalue weighted by molar-refractivity contribution is 0.327. The molecule has 2 heterocycles. The van der Waals surface area contributed by atoms with Gasteiger partial charge in [-0.25, -0.2) is 4.98 Å². The highest BCUT2D eigenvalue weighted by Crippen LogP contribution is 2.20. The van der Waals surface area contributed by atoms with Crippen molar-refractivity contribution in [2.24, 2.45) is 0 Å². The zero-order valence-electron chi connectivity index (χ0n) is 13.8. The molecule has 0 spiro atoms. The van der Waals surface area contributed by atoms with Gasteiger partial charge in [0.2, 0.25) is 0 Å². The highest BCUT2D eigenvalue weighted by atomic mass is 15.3. The Hall–Kier alpha value is -1.13. The van der Waals surface area contributed by atoms with Crippen LogP contribution >= 0.6 is 0 Å². The summed E-state index contributed by atoms with van der Waals surface area (Å²) in [6, 6.07) is 4.98. The zero-order chi connectivity index (χ0) is 15.1. The van der Waals surface area contributed by atoms with Crippen molar-refractivity contribution in [3.05, 3.63) is 23.9 Å². The molecule has 2 rings (SSSR count). The molecular formula is C17H30N4. The van der Waals surface area contributed by atoms with Crippen LogP contribution in [0.1, 0.15) is 38.7 Å². The molecule has 1 N–H and O–H groups in total. The summed E-state index contributed by atoms with van der Waals surface area (Å²) in [7, 11) is 2.22. The third kappa shape index (κ3) is 4.68. The van der Waals surface area contributed by atoms with E-state index in [2.05, 4.69) is 48.1 Å². The molecule has 118 valence electrons. The van der Waals surface area contributed by atoms with Crippen molar-refractivity contribution in [3.8, 4) is 0 Å². The van der Waals surface area contributed by atoms with Crippen LogP contribution in [-0.2, 0) is 6.54 Å². The fraction of sp³-hybridized carbons (Fsp3) is 0.706. The summed E-state index contributed by atoms with van der Waals surface area (Å²) in [6.07, 6.45) is 5.59. The molecule has 0 bridgehead atoms. The van der Waals surface area contributed by atoms with Crippen molar-refractivity contribution in [1.82, 2.24) is 15.2 Å². The summed E-state index contributed by atoms with van der Waals surface area (Å²) in [5, 5.41) is 3.43. The van der Waals surface area contributed by atoms with E-state index in [1.165, 1.54) is 31.4 Å². The van der Waals surface area contributed by atoms with E-state index < -0.39 is 0 Å². The lowest BCUT2D eigenvalue weighted by atomic mass is 10.1. The van der Waals surface area contributed by atoms with Crippen molar-refractivity contribution in [2.45, 2.75) is 45.7 Å². The van der Waals surface area contributed by atoms with Crippen molar-refractivity contribution >= 4 is 5.82 Å². The number of nitrogens with zero attached hydrogens (tertiary/aromatic N) is 3. The number of aromatic nitrogens is 1. The molecule has 0 saturated carbocycles. The van der Waals surface area contributed by atoms with Gasteiger partial charge in [0.05, 0.1) is 0 Å².